The molecule has 1 fully saturated rings. The second-order valence-electron chi connectivity index (χ2n) is 3.98. The molecule has 0 unspecified atom stereocenters. The van der Waals surface area contributed by atoms with Crippen molar-refractivity contribution in [3.63, 3.8) is 0 Å². The number of hydrogen-bond acceptors (Lipinski definition) is 1. The molecule has 0 aromatic heterocycles. The molecule has 0 aromatic carbocycles. The minimum Gasteiger partial charge on any atom is -0.396 e. The summed E-state index contributed by atoms with van der Waals surface area (Å²) in [6.07, 6.45) is 9.68. The standard InChI is InChI=1S/C10H16O/c11-7-8-5-9-3-1-2-4-10(9)6-8/h1-2,8-11H,3-7H2/t9-,10-/m1/s1. The molecule has 0 bridgehead atoms. The quantitative estimate of drug-likeness (QED) is 0.569. The number of aliphatic hydroxyl groups excluding tert-OH is 1. The van der Waals surface area contributed by atoms with Crippen molar-refractivity contribution in [2.75, 3.05) is 6.61 Å². The van der Waals surface area contributed by atoms with Gasteiger partial charge in [0.25, 0.3) is 0 Å². The van der Waals surface area contributed by atoms with E-state index in [-0.39, 0.29) is 0 Å². The Morgan fingerprint density at radius 2 is 1.64 bits per heavy atom. The normalized spacial score (nSPS) is 37.5. The van der Waals surface area contributed by atoms with Gasteiger partial charge < -0.3 is 5.11 Å². The number of allylic oxidation sites excluding steroid dienone is 2. The second-order valence-corrected chi connectivity index (χ2v) is 3.98. The van der Waals surface area contributed by atoms with Crippen LogP contribution in [0.4, 0.5) is 0 Å². The monoisotopic (exact) mass is 152 g/mol. The average Bonchev–Trinajstić information content (AvgIpc) is 2.46. The molecule has 0 saturated heterocycles. The molecule has 2 atom stereocenters. The fourth-order valence-electron chi connectivity index (χ4n) is 2.61. The van der Waals surface area contributed by atoms with Crippen LogP contribution in [0.5, 0.6) is 0 Å². The summed E-state index contributed by atoms with van der Waals surface area (Å²) in [6.45, 7) is 0.410. The molecule has 0 spiro atoms. The molecule has 2 rings (SSSR count). The lowest BCUT2D eigenvalue weighted by Gasteiger charge is -2.19. The van der Waals surface area contributed by atoms with Crippen LogP contribution in [-0.2, 0) is 0 Å². The zero-order chi connectivity index (χ0) is 7.68. The van der Waals surface area contributed by atoms with Gasteiger partial charge in [0.15, 0.2) is 0 Å². The van der Waals surface area contributed by atoms with Gasteiger partial charge in [-0.2, -0.15) is 0 Å². The number of fused-ring (bicyclic) bond motifs is 1. The van der Waals surface area contributed by atoms with Crippen molar-refractivity contribution >= 4 is 0 Å². The highest BCUT2D eigenvalue weighted by Crippen LogP contribution is 2.42. The lowest BCUT2D eigenvalue weighted by Crippen LogP contribution is -2.08. The Hall–Kier alpha value is -0.300. The van der Waals surface area contributed by atoms with Crippen molar-refractivity contribution < 1.29 is 5.11 Å². The highest BCUT2D eigenvalue weighted by Gasteiger charge is 2.33. The van der Waals surface area contributed by atoms with E-state index in [9.17, 15) is 0 Å². The molecule has 1 N–H and O–H groups in total. The molecular formula is C10H16O. The summed E-state index contributed by atoms with van der Waals surface area (Å²) in [6, 6.07) is 0. The molecular weight excluding hydrogens is 136 g/mol. The van der Waals surface area contributed by atoms with Crippen molar-refractivity contribution in [3.05, 3.63) is 12.2 Å². The van der Waals surface area contributed by atoms with Gasteiger partial charge in [0.2, 0.25) is 0 Å². The topological polar surface area (TPSA) is 20.2 Å². The maximum absolute atomic E-state index is 8.99. The van der Waals surface area contributed by atoms with Crippen molar-refractivity contribution in [1.82, 2.24) is 0 Å². The molecule has 1 nitrogen and oxygen atoms in total. The summed E-state index contributed by atoms with van der Waals surface area (Å²) in [5.74, 6) is 2.42. The third-order valence-corrected chi connectivity index (χ3v) is 3.24. The van der Waals surface area contributed by atoms with Crippen LogP contribution in [0.3, 0.4) is 0 Å². The van der Waals surface area contributed by atoms with Crippen LogP contribution in [0.1, 0.15) is 25.7 Å². The van der Waals surface area contributed by atoms with Crippen molar-refractivity contribution in [2.45, 2.75) is 25.7 Å². The first-order chi connectivity index (χ1) is 5.40. The summed E-state index contributed by atoms with van der Waals surface area (Å²) in [4.78, 5) is 0. The Morgan fingerprint density at radius 1 is 1.09 bits per heavy atom. The predicted molar refractivity (Wildman–Crippen MR) is 45.2 cm³/mol. The van der Waals surface area contributed by atoms with Crippen LogP contribution < -0.4 is 0 Å². The molecule has 11 heavy (non-hydrogen) atoms. The molecule has 0 amide bonds. The van der Waals surface area contributed by atoms with Gasteiger partial charge in [0.05, 0.1) is 0 Å². The summed E-state index contributed by atoms with van der Waals surface area (Å²) in [7, 11) is 0. The zero-order valence-corrected chi connectivity index (χ0v) is 6.87. The molecule has 1 heteroatoms. The van der Waals surface area contributed by atoms with Gasteiger partial charge in [0, 0.05) is 6.61 Å². The second kappa shape index (κ2) is 2.98. The summed E-state index contributed by atoms with van der Waals surface area (Å²) >= 11 is 0. The number of aliphatic hydroxyl groups is 1. The Labute approximate surface area is 68.1 Å². The highest BCUT2D eigenvalue weighted by molar-refractivity contribution is 4.98. The Morgan fingerprint density at radius 3 is 2.09 bits per heavy atom. The Bertz CT molecular complexity index is 146. The third-order valence-electron chi connectivity index (χ3n) is 3.24. The van der Waals surface area contributed by atoms with Gasteiger partial charge in [-0.25, -0.2) is 0 Å². The average molecular weight is 152 g/mol. The summed E-state index contributed by atoms with van der Waals surface area (Å²) < 4.78 is 0. The summed E-state index contributed by atoms with van der Waals surface area (Å²) in [5.41, 5.74) is 0. The minimum atomic E-state index is 0.410. The molecule has 0 aliphatic heterocycles. The molecule has 2 aliphatic carbocycles. The lowest BCUT2D eigenvalue weighted by atomic mass is 9.86. The molecule has 2 aliphatic rings. The minimum absolute atomic E-state index is 0.410. The summed E-state index contributed by atoms with van der Waals surface area (Å²) in [5, 5.41) is 8.99. The van der Waals surface area contributed by atoms with Gasteiger partial charge in [0.1, 0.15) is 0 Å². The zero-order valence-electron chi connectivity index (χ0n) is 6.87. The molecule has 62 valence electrons. The van der Waals surface area contributed by atoms with Gasteiger partial charge in [-0.1, -0.05) is 12.2 Å². The number of rotatable bonds is 1. The maximum atomic E-state index is 8.99. The van der Waals surface area contributed by atoms with Gasteiger partial charge in [-0.15, -0.1) is 0 Å². The first kappa shape index (κ1) is 7.35. The lowest BCUT2D eigenvalue weighted by molar-refractivity contribution is 0.225. The predicted octanol–water partition coefficient (Wildman–Crippen LogP) is 1.97. The first-order valence-electron chi connectivity index (χ1n) is 4.66. The largest absolute Gasteiger partial charge is 0.396 e. The first-order valence-corrected chi connectivity index (χ1v) is 4.66. The van der Waals surface area contributed by atoms with Crippen LogP contribution in [0.25, 0.3) is 0 Å². The molecule has 0 aromatic rings. The van der Waals surface area contributed by atoms with Crippen LogP contribution >= 0.6 is 0 Å². The third kappa shape index (κ3) is 1.34. The van der Waals surface area contributed by atoms with Crippen LogP contribution in [-0.4, -0.2) is 11.7 Å². The van der Waals surface area contributed by atoms with Crippen molar-refractivity contribution in [2.24, 2.45) is 17.8 Å². The SMILES string of the molecule is OCC1C[C@H]2CC=CC[C@@H]2C1. The molecule has 1 saturated carbocycles. The van der Waals surface area contributed by atoms with E-state index in [0.29, 0.717) is 12.5 Å². The van der Waals surface area contributed by atoms with E-state index in [1.165, 1.54) is 25.7 Å². The fraction of sp³-hybridized carbons (Fsp3) is 0.800. The van der Waals surface area contributed by atoms with Crippen molar-refractivity contribution in [1.29, 1.82) is 0 Å². The van der Waals surface area contributed by atoms with Crippen LogP contribution in [0.15, 0.2) is 12.2 Å². The van der Waals surface area contributed by atoms with Gasteiger partial charge >= 0.3 is 0 Å². The van der Waals surface area contributed by atoms with Gasteiger partial charge in [-0.3, -0.25) is 0 Å². The number of hydrogen-bond donors (Lipinski definition) is 1. The van der Waals surface area contributed by atoms with E-state index in [1.807, 2.05) is 0 Å². The molecule has 0 heterocycles. The van der Waals surface area contributed by atoms with E-state index in [2.05, 4.69) is 12.2 Å². The highest BCUT2D eigenvalue weighted by atomic mass is 16.3. The van der Waals surface area contributed by atoms with E-state index in [0.717, 1.165) is 11.8 Å². The Kier molecular flexibility index (Phi) is 1.99. The van der Waals surface area contributed by atoms with Crippen LogP contribution in [0.2, 0.25) is 0 Å². The molecule has 0 radical (unpaired) electrons. The smallest absolute Gasteiger partial charge is 0.0459 e. The maximum Gasteiger partial charge on any atom is 0.0459 e. The van der Waals surface area contributed by atoms with E-state index >= 15 is 0 Å². The van der Waals surface area contributed by atoms with Crippen LogP contribution in [0, 0.1) is 17.8 Å². The fourth-order valence-corrected chi connectivity index (χ4v) is 2.61. The van der Waals surface area contributed by atoms with E-state index in [1.54, 1.807) is 0 Å². The van der Waals surface area contributed by atoms with Crippen molar-refractivity contribution in [3.8, 4) is 0 Å². The van der Waals surface area contributed by atoms with E-state index in [4.69, 9.17) is 5.11 Å². The van der Waals surface area contributed by atoms with Gasteiger partial charge in [-0.05, 0) is 43.4 Å². The Balaban J connectivity index is 1.98. The van der Waals surface area contributed by atoms with E-state index < -0.39 is 0 Å².